The number of aryl methyl sites for hydroxylation is 2. The number of ether oxygens (including phenoxy) is 1. The molecule has 1 aliphatic rings. The van der Waals surface area contributed by atoms with Crippen LogP contribution < -0.4 is 24.9 Å². The summed E-state index contributed by atoms with van der Waals surface area (Å²) in [7, 11) is 1.60. The Morgan fingerprint density at radius 1 is 1.02 bits per heavy atom. The number of methoxy groups -OCH3 is 1. The Morgan fingerprint density at radius 2 is 1.77 bits per heavy atom. The highest BCUT2D eigenvalue weighted by Gasteiger charge is 2.32. The van der Waals surface area contributed by atoms with E-state index in [1.807, 2.05) is 99.6 Å². The van der Waals surface area contributed by atoms with Crippen LogP contribution in [0.5, 0.6) is 5.75 Å². The van der Waals surface area contributed by atoms with Crippen molar-refractivity contribution < 1.29 is 13.9 Å². The number of rotatable bonds is 6. The van der Waals surface area contributed by atoms with Gasteiger partial charge in [0, 0.05) is 21.8 Å². The maximum Gasteiger partial charge on any atom is 0.271 e. The Labute approximate surface area is 260 Å². The highest BCUT2D eigenvalue weighted by molar-refractivity contribution is 9.10. The summed E-state index contributed by atoms with van der Waals surface area (Å²) in [5, 5.41) is 3.06. The summed E-state index contributed by atoms with van der Waals surface area (Å²) in [4.78, 5) is 33.2. The van der Waals surface area contributed by atoms with Gasteiger partial charge in [-0.15, -0.1) is 0 Å². The van der Waals surface area contributed by atoms with Crippen molar-refractivity contribution in [1.82, 2.24) is 4.57 Å². The fourth-order valence-electron chi connectivity index (χ4n) is 5.19. The van der Waals surface area contributed by atoms with Crippen molar-refractivity contribution in [3.05, 3.63) is 137 Å². The fourth-order valence-corrected chi connectivity index (χ4v) is 6.48. The summed E-state index contributed by atoms with van der Waals surface area (Å²) in [6.07, 6.45) is 1.73. The molecule has 2 aromatic heterocycles. The molecule has 1 atom stereocenters. The van der Waals surface area contributed by atoms with Crippen LogP contribution in [-0.4, -0.2) is 17.6 Å². The molecular weight excluding hydrogens is 626 g/mol. The van der Waals surface area contributed by atoms with Crippen LogP contribution in [0.1, 0.15) is 35.4 Å². The first-order valence-corrected chi connectivity index (χ1v) is 15.2. The second-order valence-electron chi connectivity index (χ2n) is 10.3. The molecule has 3 heterocycles. The third-order valence-corrected chi connectivity index (χ3v) is 8.87. The zero-order valence-corrected chi connectivity index (χ0v) is 26.4. The van der Waals surface area contributed by atoms with Crippen molar-refractivity contribution in [2.75, 3.05) is 12.4 Å². The smallest absolute Gasteiger partial charge is 0.271 e. The number of allylic oxidation sites excluding steroid dienone is 1. The number of anilines is 1. The van der Waals surface area contributed by atoms with Gasteiger partial charge in [-0.25, -0.2) is 4.99 Å². The maximum absolute atomic E-state index is 14.0. The third kappa shape index (κ3) is 5.66. The molecule has 7 nitrogen and oxygen atoms in total. The van der Waals surface area contributed by atoms with E-state index in [0.717, 1.165) is 26.7 Å². The second-order valence-corrected chi connectivity index (χ2v) is 12.3. The first-order chi connectivity index (χ1) is 20.7. The predicted octanol–water partition coefficient (Wildman–Crippen LogP) is 6.52. The minimum atomic E-state index is -0.690. The van der Waals surface area contributed by atoms with Crippen LogP contribution in [0, 0.1) is 13.8 Å². The van der Waals surface area contributed by atoms with Gasteiger partial charge in [-0.1, -0.05) is 69.2 Å². The predicted molar refractivity (Wildman–Crippen MR) is 173 cm³/mol. The molecule has 0 saturated heterocycles. The fraction of sp³-hybridized carbons (Fsp3) is 0.147. The zero-order chi connectivity index (χ0) is 30.2. The number of benzene rings is 3. The Bertz CT molecular complexity index is 2070. The van der Waals surface area contributed by atoms with E-state index in [1.165, 1.54) is 11.3 Å². The van der Waals surface area contributed by atoms with E-state index >= 15 is 0 Å². The highest BCUT2D eigenvalue weighted by Crippen LogP contribution is 2.32. The van der Waals surface area contributed by atoms with Crippen molar-refractivity contribution in [3.8, 4) is 17.1 Å². The number of amides is 1. The Morgan fingerprint density at radius 3 is 2.47 bits per heavy atom. The van der Waals surface area contributed by atoms with Crippen molar-refractivity contribution >= 4 is 44.9 Å². The summed E-state index contributed by atoms with van der Waals surface area (Å²) in [6, 6.07) is 24.1. The zero-order valence-electron chi connectivity index (χ0n) is 24.0. The van der Waals surface area contributed by atoms with Gasteiger partial charge < -0.3 is 14.5 Å². The lowest BCUT2D eigenvalue weighted by Crippen LogP contribution is -2.40. The molecule has 1 N–H and O–H groups in total. The molecule has 1 aliphatic heterocycles. The quantitative estimate of drug-likeness (QED) is 0.226. The number of hydrogen-bond acceptors (Lipinski definition) is 6. The maximum atomic E-state index is 14.0. The average molecular weight is 655 g/mol. The van der Waals surface area contributed by atoms with E-state index in [2.05, 4.69) is 21.2 Å². The minimum absolute atomic E-state index is 0.254. The summed E-state index contributed by atoms with van der Waals surface area (Å²) >= 11 is 4.72. The van der Waals surface area contributed by atoms with Crippen molar-refractivity contribution in [3.63, 3.8) is 0 Å². The molecule has 0 spiro atoms. The van der Waals surface area contributed by atoms with E-state index in [-0.39, 0.29) is 11.5 Å². The van der Waals surface area contributed by atoms with Gasteiger partial charge in [0.15, 0.2) is 4.80 Å². The van der Waals surface area contributed by atoms with Crippen LogP contribution in [0.25, 0.3) is 17.4 Å². The second kappa shape index (κ2) is 11.7. The van der Waals surface area contributed by atoms with Crippen molar-refractivity contribution in [2.45, 2.75) is 26.8 Å². The molecule has 3 aromatic carbocycles. The number of hydrogen-bond donors (Lipinski definition) is 1. The van der Waals surface area contributed by atoms with Crippen molar-refractivity contribution in [2.24, 2.45) is 4.99 Å². The largest absolute Gasteiger partial charge is 0.497 e. The third-order valence-electron chi connectivity index (χ3n) is 7.36. The number of fused-ring (bicyclic) bond motifs is 1. The van der Waals surface area contributed by atoms with Gasteiger partial charge >= 0.3 is 0 Å². The first-order valence-electron chi connectivity index (χ1n) is 13.6. The summed E-state index contributed by atoms with van der Waals surface area (Å²) < 4.78 is 14.5. The summed E-state index contributed by atoms with van der Waals surface area (Å²) in [5.74, 6) is 1.61. The van der Waals surface area contributed by atoms with E-state index < -0.39 is 6.04 Å². The van der Waals surface area contributed by atoms with E-state index in [0.29, 0.717) is 43.6 Å². The molecule has 5 aromatic rings. The van der Waals surface area contributed by atoms with Gasteiger partial charge in [-0.2, -0.15) is 0 Å². The standard InChI is InChI=1S/C34H28BrN3O4S/c1-19-5-15-27(20(2)17-19)37-32(39)30-21(3)36-34-38(31(30)23-8-12-25(41-4)13-9-23)33(40)29(43-34)18-26-14-16-28(42-26)22-6-10-24(35)11-7-22/h5-18,31H,1-4H3,(H,37,39)/b29-18-/t31-/m1/s1. The van der Waals surface area contributed by atoms with Gasteiger partial charge in [0.05, 0.1) is 29.0 Å². The molecule has 0 bridgehead atoms. The van der Waals surface area contributed by atoms with Gasteiger partial charge in [-0.05, 0) is 74.4 Å². The van der Waals surface area contributed by atoms with Crippen LogP contribution >= 0.6 is 27.3 Å². The molecule has 0 fully saturated rings. The molecule has 0 saturated carbocycles. The van der Waals surface area contributed by atoms with Crippen LogP contribution in [0.15, 0.2) is 109 Å². The van der Waals surface area contributed by atoms with Crippen LogP contribution in [0.4, 0.5) is 5.69 Å². The SMILES string of the molecule is COc1ccc([C@@H]2C(C(=O)Nc3ccc(C)cc3C)=C(C)N=c3s/c(=C\c4ccc(-c5ccc(Br)cc5)o4)c(=O)n32)cc1. The number of thiazole rings is 1. The number of furan rings is 1. The highest BCUT2D eigenvalue weighted by atomic mass is 79.9. The number of halogens is 1. The van der Waals surface area contributed by atoms with E-state index in [1.54, 1.807) is 17.8 Å². The molecule has 6 rings (SSSR count). The minimum Gasteiger partial charge on any atom is -0.497 e. The van der Waals surface area contributed by atoms with E-state index in [9.17, 15) is 9.59 Å². The lowest BCUT2D eigenvalue weighted by Gasteiger charge is -2.25. The Balaban J connectivity index is 1.44. The summed E-state index contributed by atoms with van der Waals surface area (Å²) in [6.45, 7) is 5.77. The normalized spacial score (nSPS) is 14.8. The lowest BCUT2D eigenvalue weighted by molar-refractivity contribution is -0.113. The molecular formula is C34H28BrN3O4S. The van der Waals surface area contributed by atoms with Gasteiger partial charge in [-0.3, -0.25) is 14.2 Å². The molecule has 43 heavy (non-hydrogen) atoms. The molecule has 9 heteroatoms. The Hall–Kier alpha value is -4.47. The molecule has 1 amide bonds. The first kappa shape index (κ1) is 28.6. The number of nitrogens with one attached hydrogen (secondary N) is 1. The molecule has 216 valence electrons. The van der Waals surface area contributed by atoms with Gasteiger partial charge in [0.25, 0.3) is 11.5 Å². The number of nitrogens with zero attached hydrogens (tertiary/aromatic N) is 2. The number of carbonyl (C=O) groups is 1. The average Bonchev–Trinajstić information content (AvgIpc) is 3.58. The number of aromatic nitrogens is 1. The molecule has 0 aliphatic carbocycles. The van der Waals surface area contributed by atoms with Crippen LogP contribution in [0.3, 0.4) is 0 Å². The van der Waals surface area contributed by atoms with Gasteiger partial charge in [0.1, 0.15) is 17.3 Å². The molecule has 0 unspecified atom stereocenters. The van der Waals surface area contributed by atoms with Crippen LogP contribution in [0.2, 0.25) is 0 Å². The topological polar surface area (TPSA) is 85.8 Å². The Kier molecular flexibility index (Phi) is 7.77. The van der Waals surface area contributed by atoms with Crippen LogP contribution in [-0.2, 0) is 4.79 Å². The number of carbonyl (C=O) groups excluding carboxylic acids is 1. The monoisotopic (exact) mass is 653 g/mol. The summed E-state index contributed by atoms with van der Waals surface area (Å²) in [5.41, 5.74) is 5.16. The lowest BCUT2D eigenvalue weighted by atomic mass is 9.95. The molecule has 0 radical (unpaired) electrons. The van der Waals surface area contributed by atoms with Gasteiger partial charge in [0.2, 0.25) is 0 Å². The van der Waals surface area contributed by atoms with Crippen molar-refractivity contribution in [1.29, 1.82) is 0 Å². The van der Waals surface area contributed by atoms with E-state index in [4.69, 9.17) is 14.1 Å².